The van der Waals surface area contributed by atoms with Crippen molar-refractivity contribution in [1.82, 2.24) is 5.32 Å². The lowest BCUT2D eigenvalue weighted by Gasteiger charge is -2.54. The molecule has 1 fully saturated rings. The minimum atomic E-state index is -1.31. The van der Waals surface area contributed by atoms with Crippen LogP contribution in [0.25, 0.3) is 0 Å². The first-order valence-corrected chi connectivity index (χ1v) is 11.8. The Morgan fingerprint density at radius 3 is 2.60 bits per heavy atom. The number of para-hydroxylation sites is 2. The van der Waals surface area contributed by atoms with E-state index in [1.807, 2.05) is 87.5 Å². The highest BCUT2D eigenvalue weighted by molar-refractivity contribution is 6.01. The number of carbonyl (C=O) groups is 2. The fourth-order valence-electron chi connectivity index (χ4n) is 5.17. The van der Waals surface area contributed by atoms with E-state index < -0.39 is 17.7 Å². The zero-order chi connectivity index (χ0) is 24.7. The highest BCUT2D eigenvalue weighted by Crippen LogP contribution is 2.52. The van der Waals surface area contributed by atoms with E-state index >= 15 is 0 Å². The molecule has 0 saturated carbocycles. The minimum Gasteiger partial charge on any atom is -0.490 e. The maximum Gasteiger partial charge on any atom is 0.325 e. The number of anilines is 2. The second kappa shape index (κ2) is 8.65. The molecule has 3 amide bonds. The van der Waals surface area contributed by atoms with Crippen LogP contribution >= 0.6 is 0 Å². The van der Waals surface area contributed by atoms with Gasteiger partial charge in [0.1, 0.15) is 5.92 Å². The van der Waals surface area contributed by atoms with Crippen LogP contribution in [-0.4, -0.2) is 24.3 Å². The molecule has 1 saturated heterocycles. The van der Waals surface area contributed by atoms with Crippen molar-refractivity contribution in [3.8, 4) is 11.5 Å². The fourth-order valence-corrected chi connectivity index (χ4v) is 5.17. The maximum absolute atomic E-state index is 13.9. The standard InChI is InChI=1S/C28H29N3O4/c1-5-34-22-13-9-12-20-24-23(26(32)29-21-15-14-17(2)16-18(21)3)28(4,35-25(20)22)31(27(33)30-24)19-10-7-6-8-11-19/h6-16,23-24H,5H2,1-4H3,(H,29,32)(H,30,33). The zero-order valence-electron chi connectivity index (χ0n) is 20.3. The highest BCUT2D eigenvalue weighted by atomic mass is 16.5. The first kappa shape index (κ1) is 22.8. The normalized spacial score (nSPS) is 22.5. The summed E-state index contributed by atoms with van der Waals surface area (Å²) >= 11 is 0. The number of carbonyl (C=O) groups excluding carboxylic acids is 2. The maximum atomic E-state index is 13.9. The Labute approximate surface area is 205 Å². The van der Waals surface area contributed by atoms with Crippen LogP contribution in [0.4, 0.5) is 16.2 Å². The van der Waals surface area contributed by atoms with Gasteiger partial charge in [0, 0.05) is 16.9 Å². The molecule has 2 aliphatic heterocycles. The first-order valence-electron chi connectivity index (χ1n) is 11.8. The molecule has 3 aromatic carbocycles. The lowest BCUT2D eigenvalue weighted by atomic mass is 9.78. The van der Waals surface area contributed by atoms with Crippen molar-refractivity contribution in [1.29, 1.82) is 0 Å². The summed E-state index contributed by atoms with van der Waals surface area (Å²) in [5, 5.41) is 6.17. The summed E-state index contributed by atoms with van der Waals surface area (Å²) in [5.74, 6) is 0.139. The minimum absolute atomic E-state index is 0.238. The number of ether oxygens (including phenoxy) is 2. The molecule has 3 aromatic rings. The number of urea groups is 1. The molecular weight excluding hydrogens is 442 g/mol. The molecule has 0 aromatic heterocycles. The first-order chi connectivity index (χ1) is 16.8. The summed E-state index contributed by atoms with van der Waals surface area (Å²) < 4.78 is 12.5. The van der Waals surface area contributed by atoms with Crippen LogP contribution in [0, 0.1) is 19.8 Å². The van der Waals surface area contributed by atoms with Crippen LogP contribution in [-0.2, 0) is 4.79 Å². The van der Waals surface area contributed by atoms with Crippen molar-refractivity contribution < 1.29 is 19.1 Å². The number of amides is 3. The van der Waals surface area contributed by atoms with Crippen molar-refractivity contribution in [3.05, 3.63) is 83.4 Å². The second-order valence-electron chi connectivity index (χ2n) is 9.15. The zero-order valence-corrected chi connectivity index (χ0v) is 20.3. The van der Waals surface area contributed by atoms with Gasteiger partial charge >= 0.3 is 6.03 Å². The van der Waals surface area contributed by atoms with Crippen LogP contribution in [0.3, 0.4) is 0 Å². The molecule has 7 nitrogen and oxygen atoms in total. The average Bonchev–Trinajstić information content (AvgIpc) is 2.82. The van der Waals surface area contributed by atoms with Gasteiger partial charge in [0.2, 0.25) is 11.6 Å². The number of fused-ring (bicyclic) bond motifs is 4. The van der Waals surface area contributed by atoms with Crippen LogP contribution < -0.4 is 25.0 Å². The molecule has 0 spiro atoms. The smallest absolute Gasteiger partial charge is 0.325 e. The topological polar surface area (TPSA) is 79.9 Å². The Kier molecular flexibility index (Phi) is 5.63. The number of nitrogens with zero attached hydrogens (tertiary/aromatic N) is 1. The van der Waals surface area contributed by atoms with Crippen LogP contribution in [0.1, 0.15) is 36.6 Å². The largest absolute Gasteiger partial charge is 0.490 e. The average molecular weight is 472 g/mol. The van der Waals surface area contributed by atoms with E-state index in [1.54, 1.807) is 6.92 Å². The van der Waals surface area contributed by atoms with Gasteiger partial charge < -0.3 is 20.1 Å². The fraction of sp³-hybridized carbons (Fsp3) is 0.286. The lowest BCUT2D eigenvalue weighted by Crippen LogP contribution is -2.72. The van der Waals surface area contributed by atoms with Crippen molar-refractivity contribution in [3.63, 3.8) is 0 Å². The second-order valence-corrected chi connectivity index (χ2v) is 9.15. The van der Waals surface area contributed by atoms with Gasteiger partial charge in [-0.1, -0.05) is 48.0 Å². The summed E-state index contributed by atoms with van der Waals surface area (Å²) in [6, 6.07) is 19.8. The number of rotatable bonds is 5. The number of hydrogen-bond acceptors (Lipinski definition) is 4. The molecule has 2 bridgehead atoms. The SMILES string of the molecule is CCOc1cccc2c1OC1(C)C(C(=O)Nc3ccc(C)cc3C)C2NC(=O)N1c1ccccc1. The molecule has 2 N–H and O–H groups in total. The molecular formula is C28H29N3O4. The van der Waals surface area contributed by atoms with E-state index in [9.17, 15) is 9.59 Å². The Balaban J connectivity index is 1.64. The van der Waals surface area contributed by atoms with Crippen molar-refractivity contribution in [2.24, 2.45) is 5.92 Å². The molecule has 3 atom stereocenters. The highest BCUT2D eigenvalue weighted by Gasteiger charge is 2.60. The van der Waals surface area contributed by atoms with E-state index in [0.29, 0.717) is 23.8 Å². The van der Waals surface area contributed by atoms with Gasteiger partial charge in [-0.25, -0.2) is 4.79 Å². The van der Waals surface area contributed by atoms with E-state index in [-0.39, 0.29) is 11.9 Å². The summed E-state index contributed by atoms with van der Waals surface area (Å²) in [7, 11) is 0. The summed E-state index contributed by atoms with van der Waals surface area (Å²) in [6.45, 7) is 8.14. The Morgan fingerprint density at radius 1 is 1.11 bits per heavy atom. The predicted octanol–water partition coefficient (Wildman–Crippen LogP) is 5.34. The van der Waals surface area contributed by atoms with Gasteiger partial charge in [-0.05, 0) is 57.5 Å². The third kappa shape index (κ3) is 3.77. The van der Waals surface area contributed by atoms with E-state index in [4.69, 9.17) is 9.47 Å². The molecule has 35 heavy (non-hydrogen) atoms. The molecule has 2 heterocycles. The molecule has 3 unspecified atom stereocenters. The van der Waals surface area contributed by atoms with Gasteiger partial charge in [0.25, 0.3) is 0 Å². The number of benzene rings is 3. The van der Waals surface area contributed by atoms with Crippen molar-refractivity contribution in [2.45, 2.75) is 39.5 Å². The van der Waals surface area contributed by atoms with Gasteiger partial charge in [-0.3, -0.25) is 9.69 Å². The van der Waals surface area contributed by atoms with Gasteiger partial charge in [-0.2, -0.15) is 0 Å². The summed E-state index contributed by atoms with van der Waals surface area (Å²) in [5.41, 5.74) is 2.85. The van der Waals surface area contributed by atoms with Crippen LogP contribution in [0.5, 0.6) is 11.5 Å². The molecule has 0 radical (unpaired) electrons. The number of hydrogen-bond donors (Lipinski definition) is 2. The van der Waals surface area contributed by atoms with Crippen LogP contribution in [0.15, 0.2) is 66.7 Å². The monoisotopic (exact) mass is 471 g/mol. The van der Waals surface area contributed by atoms with Gasteiger partial charge in [0.15, 0.2) is 11.5 Å². The quantitative estimate of drug-likeness (QED) is 0.527. The Morgan fingerprint density at radius 2 is 1.89 bits per heavy atom. The van der Waals surface area contributed by atoms with Gasteiger partial charge in [-0.15, -0.1) is 0 Å². The van der Waals surface area contributed by atoms with E-state index in [1.165, 1.54) is 4.90 Å². The molecule has 180 valence electrons. The van der Waals surface area contributed by atoms with E-state index in [2.05, 4.69) is 10.6 Å². The summed E-state index contributed by atoms with van der Waals surface area (Å²) in [6.07, 6.45) is 0. The van der Waals surface area contributed by atoms with Crippen molar-refractivity contribution >= 4 is 23.3 Å². The molecule has 0 aliphatic carbocycles. The number of aryl methyl sites for hydroxylation is 2. The van der Waals surface area contributed by atoms with Crippen LogP contribution in [0.2, 0.25) is 0 Å². The predicted molar refractivity (Wildman–Crippen MR) is 135 cm³/mol. The molecule has 2 aliphatic rings. The summed E-state index contributed by atoms with van der Waals surface area (Å²) in [4.78, 5) is 28.9. The Bertz CT molecular complexity index is 1290. The third-order valence-electron chi connectivity index (χ3n) is 6.73. The van der Waals surface area contributed by atoms with Crippen molar-refractivity contribution in [2.75, 3.05) is 16.8 Å². The molecule has 7 heteroatoms. The lowest BCUT2D eigenvalue weighted by molar-refractivity contribution is -0.131. The third-order valence-corrected chi connectivity index (χ3v) is 6.73. The Hall–Kier alpha value is -4.00. The van der Waals surface area contributed by atoms with E-state index in [0.717, 1.165) is 22.4 Å². The molecule has 5 rings (SSSR count). The number of nitrogens with one attached hydrogen (secondary N) is 2. The van der Waals surface area contributed by atoms with Gasteiger partial charge in [0.05, 0.1) is 12.6 Å².